The molecule has 0 amide bonds. The molecule has 0 saturated heterocycles. The summed E-state index contributed by atoms with van der Waals surface area (Å²) < 4.78 is 5.29. The van der Waals surface area contributed by atoms with Gasteiger partial charge in [0.15, 0.2) is 0 Å². The zero-order valence-corrected chi connectivity index (χ0v) is 8.08. The number of hydrogen-bond donors (Lipinski definition) is 0. The second kappa shape index (κ2) is 5.40. The summed E-state index contributed by atoms with van der Waals surface area (Å²) in [6, 6.07) is 9.93. The Balaban J connectivity index is 2.57. The molecule has 1 aromatic carbocycles. The van der Waals surface area contributed by atoms with E-state index in [-0.39, 0.29) is 6.10 Å². The standard InChI is InChI=1S/C12H14O/c1-3-13-11(2)9-10-12-7-5-4-6-8-12/h4-8,11H,3H2,1-2H3. The molecule has 0 heterocycles. The van der Waals surface area contributed by atoms with Crippen molar-refractivity contribution in [3.05, 3.63) is 35.9 Å². The monoisotopic (exact) mass is 174 g/mol. The molecule has 0 spiro atoms. The van der Waals surface area contributed by atoms with Gasteiger partial charge in [-0.2, -0.15) is 0 Å². The van der Waals surface area contributed by atoms with Crippen LogP contribution in [-0.2, 0) is 4.74 Å². The Hall–Kier alpha value is -1.26. The second-order valence-electron chi connectivity index (χ2n) is 2.73. The molecule has 0 N–H and O–H groups in total. The highest BCUT2D eigenvalue weighted by Crippen LogP contribution is 1.96. The third kappa shape index (κ3) is 3.78. The Kier molecular flexibility index (Phi) is 4.08. The molecule has 1 aromatic rings. The molecule has 1 heteroatoms. The Morgan fingerprint density at radius 2 is 2.00 bits per heavy atom. The lowest BCUT2D eigenvalue weighted by Gasteiger charge is -2.01. The number of rotatable bonds is 2. The topological polar surface area (TPSA) is 9.23 Å². The Morgan fingerprint density at radius 3 is 2.62 bits per heavy atom. The highest BCUT2D eigenvalue weighted by atomic mass is 16.5. The number of ether oxygens (including phenoxy) is 1. The minimum atomic E-state index is 0.0187. The summed E-state index contributed by atoms with van der Waals surface area (Å²) in [5, 5.41) is 0. The summed E-state index contributed by atoms with van der Waals surface area (Å²) in [7, 11) is 0. The van der Waals surface area contributed by atoms with Crippen molar-refractivity contribution in [2.45, 2.75) is 20.0 Å². The Morgan fingerprint density at radius 1 is 1.31 bits per heavy atom. The molecule has 0 aromatic heterocycles. The van der Waals surface area contributed by atoms with E-state index in [9.17, 15) is 0 Å². The average molecular weight is 174 g/mol. The summed E-state index contributed by atoms with van der Waals surface area (Å²) in [5.41, 5.74) is 1.04. The number of hydrogen-bond acceptors (Lipinski definition) is 1. The van der Waals surface area contributed by atoms with Gasteiger partial charge in [-0.1, -0.05) is 30.0 Å². The first-order chi connectivity index (χ1) is 6.33. The summed E-state index contributed by atoms with van der Waals surface area (Å²) in [6.45, 7) is 4.64. The summed E-state index contributed by atoms with van der Waals surface area (Å²) in [5.74, 6) is 6.08. The van der Waals surface area contributed by atoms with E-state index in [0.717, 1.165) is 5.56 Å². The zero-order chi connectivity index (χ0) is 9.52. The lowest BCUT2D eigenvalue weighted by Crippen LogP contribution is -2.03. The van der Waals surface area contributed by atoms with Gasteiger partial charge in [0, 0.05) is 12.2 Å². The van der Waals surface area contributed by atoms with Crippen LogP contribution in [-0.4, -0.2) is 12.7 Å². The molecule has 0 aliphatic rings. The minimum absolute atomic E-state index is 0.0187. The van der Waals surface area contributed by atoms with Crippen LogP contribution in [0.3, 0.4) is 0 Å². The van der Waals surface area contributed by atoms with Gasteiger partial charge >= 0.3 is 0 Å². The van der Waals surface area contributed by atoms with E-state index in [2.05, 4.69) is 11.8 Å². The first-order valence-electron chi connectivity index (χ1n) is 4.51. The van der Waals surface area contributed by atoms with Crippen molar-refractivity contribution in [2.24, 2.45) is 0 Å². The first kappa shape index (κ1) is 9.83. The fourth-order valence-corrected chi connectivity index (χ4v) is 0.998. The molecular formula is C12H14O. The van der Waals surface area contributed by atoms with Crippen LogP contribution in [0.25, 0.3) is 0 Å². The van der Waals surface area contributed by atoms with E-state index in [1.165, 1.54) is 0 Å². The molecule has 0 saturated carbocycles. The second-order valence-corrected chi connectivity index (χ2v) is 2.73. The van der Waals surface area contributed by atoms with E-state index in [1.807, 2.05) is 44.2 Å². The van der Waals surface area contributed by atoms with E-state index in [0.29, 0.717) is 6.61 Å². The fraction of sp³-hybridized carbons (Fsp3) is 0.333. The van der Waals surface area contributed by atoms with Crippen LogP contribution in [0.5, 0.6) is 0 Å². The van der Waals surface area contributed by atoms with Crippen molar-refractivity contribution in [1.29, 1.82) is 0 Å². The van der Waals surface area contributed by atoms with Crippen LogP contribution in [0.2, 0.25) is 0 Å². The highest BCUT2D eigenvalue weighted by Gasteiger charge is 1.91. The smallest absolute Gasteiger partial charge is 0.115 e. The Bertz CT molecular complexity index is 292. The lowest BCUT2D eigenvalue weighted by atomic mass is 10.2. The van der Waals surface area contributed by atoms with E-state index in [1.54, 1.807) is 0 Å². The maximum atomic E-state index is 5.29. The van der Waals surface area contributed by atoms with Gasteiger partial charge in [-0.3, -0.25) is 0 Å². The Labute approximate surface area is 79.7 Å². The van der Waals surface area contributed by atoms with Gasteiger partial charge in [-0.15, -0.1) is 0 Å². The van der Waals surface area contributed by atoms with Gasteiger partial charge in [-0.05, 0) is 26.0 Å². The van der Waals surface area contributed by atoms with Crippen LogP contribution in [0.1, 0.15) is 19.4 Å². The van der Waals surface area contributed by atoms with Gasteiger partial charge in [-0.25, -0.2) is 0 Å². The average Bonchev–Trinajstić information content (AvgIpc) is 2.17. The quantitative estimate of drug-likeness (QED) is 0.626. The van der Waals surface area contributed by atoms with Crippen molar-refractivity contribution in [3.63, 3.8) is 0 Å². The maximum Gasteiger partial charge on any atom is 0.115 e. The van der Waals surface area contributed by atoms with Gasteiger partial charge in [0.2, 0.25) is 0 Å². The van der Waals surface area contributed by atoms with Gasteiger partial charge in [0.05, 0.1) is 0 Å². The first-order valence-corrected chi connectivity index (χ1v) is 4.51. The zero-order valence-electron chi connectivity index (χ0n) is 8.08. The molecule has 1 rings (SSSR count). The normalized spacial score (nSPS) is 11.5. The van der Waals surface area contributed by atoms with Crippen LogP contribution in [0, 0.1) is 11.8 Å². The van der Waals surface area contributed by atoms with Crippen LogP contribution in [0.15, 0.2) is 30.3 Å². The largest absolute Gasteiger partial charge is 0.366 e. The van der Waals surface area contributed by atoms with E-state index in [4.69, 9.17) is 4.74 Å². The molecule has 1 atom stereocenters. The molecule has 0 aliphatic carbocycles. The molecule has 0 radical (unpaired) electrons. The molecule has 1 nitrogen and oxygen atoms in total. The molecule has 0 bridgehead atoms. The van der Waals surface area contributed by atoms with Crippen molar-refractivity contribution in [3.8, 4) is 11.8 Å². The summed E-state index contributed by atoms with van der Waals surface area (Å²) in [6.07, 6.45) is 0.0187. The van der Waals surface area contributed by atoms with Crippen LogP contribution >= 0.6 is 0 Å². The molecular weight excluding hydrogens is 160 g/mol. The fourth-order valence-electron chi connectivity index (χ4n) is 0.998. The summed E-state index contributed by atoms with van der Waals surface area (Å²) >= 11 is 0. The predicted octanol–water partition coefficient (Wildman–Crippen LogP) is 2.46. The molecule has 13 heavy (non-hydrogen) atoms. The molecule has 0 fully saturated rings. The minimum Gasteiger partial charge on any atom is -0.366 e. The van der Waals surface area contributed by atoms with Gasteiger partial charge < -0.3 is 4.74 Å². The maximum absolute atomic E-state index is 5.29. The third-order valence-electron chi connectivity index (χ3n) is 1.61. The van der Waals surface area contributed by atoms with E-state index < -0.39 is 0 Å². The van der Waals surface area contributed by atoms with Crippen LogP contribution < -0.4 is 0 Å². The third-order valence-corrected chi connectivity index (χ3v) is 1.61. The van der Waals surface area contributed by atoms with Crippen molar-refractivity contribution in [1.82, 2.24) is 0 Å². The predicted molar refractivity (Wildman–Crippen MR) is 54.4 cm³/mol. The SMILES string of the molecule is CCOC(C)C#Cc1ccccc1. The summed E-state index contributed by atoms with van der Waals surface area (Å²) in [4.78, 5) is 0. The van der Waals surface area contributed by atoms with E-state index >= 15 is 0 Å². The molecule has 0 aliphatic heterocycles. The van der Waals surface area contributed by atoms with Crippen LogP contribution in [0.4, 0.5) is 0 Å². The van der Waals surface area contributed by atoms with Gasteiger partial charge in [0.1, 0.15) is 6.10 Å². The number of benzene rings is 1. The molecule has 1 unspecified atom stereocenters. The van der Waals surface area contributed by atoms with Crippen molar-refractivity contribution < 1.29 is 4.74 Å². The van der Waals surface area contributed by atoms with Gasteiger partial charge in [0.25, 0.3) is 0 Å². The van der Waals surface area contributed by atoms with Crippen molar-refractivity contribution >= 4 is 0 Å². The highest BCUT2D eigenvalue weighted by molar-refractivity contribution is 5.34. The molecule has 68 valence electrons. The lowest BCUT2D eigenvalue weighted by molar-refractivity contribution is 0.116. The van der Waals surface area contributed by atoms with Crippen molar-refractivity contribution in [2.75, 3.05) is 6.61 Å².